The van der Waals surface area contributed by atoms with Crippen LogP contribution < -0.4 is 0 Å². The molecular weight excluding hydrogens is 226 g/mol. The summed E-state index contributed by atoms with van der Waals surface area (Å²) in [6, 6.07) is 10.1. The number of ether oxygens (including phenoxy) is 1. The minimum Gasteiger partial charge on any atom is -0.500 e. The SMILES string of the molecule is COC1=C(c2ccccc2)C=CC(CN=[N+]=[N-])C1. The van der Waals surface area contributed by atoms with Gasteiger partial charge in [-0.2, -0.15) is 0 Å². The smallest absolute Gasteiger partial charge is 0.104 e. The molecule has 4 heteroatoms. The highest BCUT2D eigenvalue weighted by Crippen LogP contribution is 2.30. The van der Waals surface area contributed by atoms with Crippen LogP contribution in [0.15, 0.2) is 53.4 Å². The molecule has 18 heavy (non-hydrogen) atoms. The molecule has 0 aliphatic heterocycles. The van der Waals surface area contributed by atoms with Crippen molar-refractivity contribution in [2.45, 2.75) is 6.42 Å². The molecule has 0 spiro atoms. The van der Waals surface area contributed by atoms with Gasteiger partial charge in [0.2, 0.25) is 0 Å². The Bertz CT molecular complexity index is 513. The zero-order chi connectivity index (χ0) is 12.8. The number of nitrogens with zero attached hydrogens (tertiary/aromatic N) is 3. The Labute approximate surface area is 106 Å². The van der Waals surface area contributed by atoms with E-state index >= 15 is 0 Å². The van der Waals surface area contributed by atoms with E-state index in [1.807, 2.05) is 18.2 Å². The Hall–Kier alpha value is -2.19. The van der Waals surface area contributed by atoms with Gasteiger partial charge >= 0.3 is 0 Å². The lowest BCUT2D eigenvalue weighted by Crippen LogP contribution is -2.09. The summed E-state index contributed by atoms with van der Waals surface area (Å²) in [4.78, 5) is 2.79. The molecular formula is C14H15N3O. The predicted molar refractivity (Wildman–Crippen MR) is 71.6 cm³/mol. The molecule has 1 aliphatic carbocycles. The fourth-order valence-electron chi connectivity index (χ4n) is 2.08. The molecule has 0 heterocycles. The Morgan fingerprint density at radius 2 is 2.17 bits per heavy atom. The average Bonchev–Trinajstić information content (AvgIpc) is 2.45. The molecule has 0 saturated carbocycles. The Kier molecular flexibility index (Phi) is 4.05. The maximum Gasteiger partial charge on any atom is 0.104 e. The number of rotatable bonds is 4. The Morgan fingerprint density at radius 1 is 1.39 bits per heavy atom. The number of allylic oxidation sites excluding steroid dienone is 3. The lowest BCUT2D eigenvalue weighted by molar-refractivity contribution is 0.268. The van der Waals surface area contributed by atoms with Crippen molar-refractivity contribution in [1.29, 1.82) is 0 Å². The maximum atomic E-state index is 8.34. The Balaban J connectivity index is 2.23. The van der Waals surface area contributed by atoms with Gasteiger partial charge in [-0.05, 0) is 17.0 Å². The van der Waals surface area contributed by atoms with Crippen molar-refractivity contribution in [1.82, 2.24) is 0 Å². The third kappa shape index (κ3) is 2.73. The fraction of sp³-hybridized carbons (Fsp3) is 0.286. The van der Waals surface area contributed by atoms with Crippen LogP contribution in [-0.2, 0) is 4.74 Å². The summed E-state index contributed by atoms with van der Waals surface area (Å²) in [5, 5.41) is 3.61. The minimum atomic E-state index is 0.225. The quantitative estimate of drug-likeness (QED) is 0.447. The monoisotopic (exact) mass is 241 g/mol. The second kappa shape index (κ2) is 5.94. The number of hydrogen-bond acceptors (Lipinski definition) is 2. The normalized spacial score (nSPS) is 18.4. The van der Waals surface area contributed by atoms with Crippen LogP contribution in [0.25, 0.3) is 16.0 Å². The summed E-state index contributed by atoms with van der Waals surface area (Å²) in [6.45, 7) is 0.474. The summed E-state index contributed by atoms with van der Waals surface area (Å²) in [7, 11) is 1.68. The summed E-state index contributed by atoms with van der Waals surface area (Å²) >= 11 is 0. The van der Waals surface area contributed by atoms with Crippen molar-refractivity contribution in [2.75, 3.05) is 13.7 Å². The van der Waals surface area contributed by atoms with Crippen molar-refractivity contribution in [3.05, 3.63) is 64.2 Å². The third-order valence-corrected chi connectivity index (χ3v) is 2.99. The highest BCUT2D eigenvalue weighted by molar-refractivity contribution is 5.76. The first-order chi connectivity index (χ1) is 8.85. The molecule has 0 radical (unpaired) electrons. The largest absolute Gasteiger partial charge is 0.500 e. The molecule has 0 saturated heterocycles. The lowest BCUT2D eigenvalue weighted by atomic mass is 9.91. The van der Waals surface area contributed by atoms with Crippen LogP contribution in [0.5, 0.6) is 0 Å². The van der Waals surface area contributed by atoms with Gasteiger partial charge in [0.05, 0.1) is 7.11 Å². The number of hydrogen-bond donors (Lipinski definition) is 0. The van der Waals surface area contributed by atoms with E-state index in [1.54, 1.807) is 7.11 Å². The van der Waals surface area contributed by atoms with E-state index in [0.717, 1.165) is 23.3 Å². The molecule has 4 nitrogen and oxygen atoms in total. The van der Waals surface area contributed by atoms with Gasteiger partial charge in [0, 0.05) is 23.5 Å². The molecule has 1 aliphatic rings. The molecule has 0 N–H and O–H groups in total. The van der Waals surface area contributed by atoms with E-state index in [9.17, 15) is 0 Å². The van der Waals surface area contributed by atoms with Crippen LogP contribution in [0.2, 0.25) is 0 Å². The van der Waals surface area contributed by atoms with Crippen LogP contribution in [0, 0.1) is 5.92 Å². The van der Waals surface area contributed by atoms with Crippen LogP contribution in [0.1, 0.15) is 12.0 Å². The summed E-state index contributed by atoms with van der Waals surface area (Å²) in [5.41, 5.74) is 10.6. The van der Waals surface area contributed by atoms with E-state index in [1.165, 1.54) is 0 Å². The molecule has 0 aromatic heterocycles. The second-order valence-corrected chi connectivity index (χ2v) is 4.14. The summed E-state index contributed by atoms with van der Waals surface area (Å²) in [6.07, 6.45) is 4.91. The minimum absolute atomic E-state index is 0.225. The van der Waals surface area contributed by atoms with Gasteiger partial charge in [-0.3, -0.25) is 0 Å². The van der Waals surface area contributed by atoms with Crippen LogP contribution in [-0.4, -0.2) is 13.7 Å². The summed E-state index contributed by atoms with van der Waals surface area (Å²) < 4.78 is 5.46. The molecule has 2 rings (SSSR count). The van der Waals surface area contributed by atoms with Gasteiger partial charge in [0.25, 0.3) is 0 Å². The first-order valence-corrected chi connectivity index (χ1v) is 5.86. The Morgan fingerprint density at radius 3 is 2.83 bits per heavy atom. The molecule has 0 amide bonds. The topological polar surface area (TPSA) is 58.0 Å². The van der Waals surface area contributed by atoms with Crippen molar-refractivity contribution in [3.8, 4) is 0 Å². The molecule has 92 valence electrons. The van der Waals surface area contributed by atoms with Gasteiger partial charge in [0.1, 0.15) is 5.76 Å². The predicted octanol–water partition coefficient (Wildman–Crippen LogP) is 3.93. The van der Waals surface area contributed by atoms with E-state index in [0.29, 0.717) is 6.54 Å². The second-order valence-electron chi connectivity index (χ2n) is 4.14. The van der Waals surface area contributed by atoms with Crippen LogP contribution >= 0.6 is 0 Å². The van der Waals surface area contributed by atoms with Crippen LogP contribution in [0.4, 0.5) is 0 Å². The van der Waals surface area contributed by atoms with Gasteiger partial charge < -0.3 is 4.74 Å². The number of benzene rings is 1. The lowest BCUT2D eigenvalue weighted by Gasteiger charge is -2.20. The van der Waals surface area contributed by atoms with E-state index in [4.69, 9.17) is 10.3 Å². The zero-order valence-electron chi connectivity index (χ0n) is 10.3. The zero-order valence-corrected chi connectivity index (χ0v) is 10.3. The van der Waals surface area contributed by atoms with Crippen molar-refractivity contribution in [2.24, 2.45) is 11.0 Å². The van der Waals surface area contributed by atoms with Crippen molar-refractivity contribution >= 4 is 5.57 Å². The third-order valence-electron chi connectivity index (χ3n) is 2.99. The molecule has 1 aromatic rings. The first-order valence-electron chi connectivity index (χ1n) is 5.86. The number of azide groups is 1. The molecule has 1 atom stereocenters. The highest BCUT2D eigenvalue weighted by Gasteiger charge is 2.17. The van der Waals surface area contributed by atoms with E-state index < -0.39 is 0 Å². The van der Waals surface area contributed by atoms with E-state index in [2.05, 4.69) is 34.3 Å². The van der Waals surface area contributed by atoms with Gasteiger partial charge in [-0.25, -0.2) is 0 Å². The maximum absolute atomic E-state index is 8.34. The summed E-state index contributed by atoms with van der Waals surface area (Å²) in [5.74, 6) is 1.17. The van der Waals surface area contributed by atoms with Crippen molar-refractivity contribution < 1.29 is 4.74 Å². The van der Waals surface area contributed by atoms with Crippen LogP contribution in [0.3, 0.4) is 0 Å². The van der Waals surface area contributed by atoms with Gasteiger partial charge in [-0.15, -0.1) is 0 Å². The number of methoxy groups -OCH3 is 1. The fourth-order valence-corrected chi connectivity index (χ4v) is 2.08. The highest BCUT2D eigenvalue weighted by atomic mass is 16.5. The van der Waals surface area contributed by atoms with Gasteiger partial charge in [-0.1, -0.05) is 47.6 Å². The first kappa shape index (κ1) is 12.3. The van der Waals surface area contributed by atoms with Gasteiger partial charge in [0.15, 0.2) is 0 Å². The molecule has 0 bridgehead atoms. The van der Waals surface area contributed by atoms with E-state index in [-0.39, 0.29) is 5.92 Å². The van der Waals surface area contributed by atoms with Crippen molar-refractivity contribution in [3.63, 3.8) is 0 Å². The molecule has 1 unspecified atom stereocenters. The standard InChI is InChI=1S/C14H15N3O/c1-18-14-9-11(10-16-17-15)7-8-13(14)12-5-3-2-4-6-12/h2-8,11H,9-10H2,1H3. The molecule has 1 aromatic carbocycles. The molecule has 0 fully saturated rings. The average molecular weight is 241 g/mol.